The van der Waals surface area contributed by atoms with Crippen molar-refractivity contribution < 1.29 is 4.39 Å². The number of thiazole rings is 1. The lowest BCUT2D eigenvalue weighted by molar-refractivity contribution is 0.621. The van der Waals surface area contributed by atoms with Gasteiger partial charge < -0.3 is 10.6 Å². The first-order valence-corrected chi connectivity index (χ1v) is 6.64. The quantitative estimate of drug-likeness (QED) is 0.884. The van der Waals surface area contributed by atoms with E-state index in [1.54, 1.807) is 22.9 Å². The van der Waals surface area contributed by atoms with Crippen LogP contribution in [0.2, 0.25) is 0 Å². The molecule has 1 heterocycles. The molecule has 0 unspecified atom stereocenters. The molecular formula is C11H11BrFN3S. The second-order valence-electron chi connectivity index (χ2n) is 3.66. The van der Waals surface area contributed by atoms with E-state index in [-0.39, 0.29) is 5.82 Å². The Balaban J connectivity index is 2.24. The number of aromatic nitrogens is 1. The molecular weight excluding hydrogens is 305 g/mol. The molecule has 0 aliphatic heterocycles. The molecule has 0 spiro atoms. The zero-order chi connectivity index (χ0) is 12.4. The highest BCUT2D eigenvalue weighted by Crippen LogP contribution is 2.29. The molecule has 0 amide bonds. The second kappa shape index (κ2) is 5.01. The van der Waals surface area contributed by atoms with Gasteiger partial charge in [0.2, 0.25) is 0 Å². The van der Waals surface area contributed by atoms with Crippen LogP contribution < -0.4 is 10.6 Å². The first-order valence-electron chi connectivity index (χ1n) is 4.90. The fraction of sp³-hybridized carbons (Fsp3) is 0.182. The molecule has 3 nitrogen and oxygen atoms in total. The molecule has 2 aromatic rings. The Morgan fingerprint density at radius 1 is 1.53 bits per heavy atom. The monoisotopic (exact) mass is 315 g/mol. The fourth-order valence-electron chi connectivity index (χ4n) is 1.53. The lowest BCUT2D eigenvalue weighted by Gasteiger charge is -2.20. The highest BCUT2D eigenvalue weighted by Gasteiger charge is 2.10. The Morgan fingerprint density at radius 2 is 2.29 bits per heavy atom. The minimum Gasteiger partial charge on any atom is -0.397 e. The Labute approximate surface area is 111 Å². The molecule has 6 heteroatoms. The topological polar surface area (TPSA) is 42.2 Å². The minimum absolute atomic E-state index is 0.353. The predicted octanol–water partition coefficient (Wildman–Crippen LogP) is 3.26. The molecule has 0 aliphatic carbocycles. The minimum atomic E-state index is -0.353. The summed E-state index contributed by atoms with van der Waals surface area (Å²) in [6, 6.07) is 2.99. The summed E-state index contributed by atoms with van der Waals surface area (Å²) >= 11 is 4.70. The predicted molar refractivity (Wildman–Crippen MR) is 72.7 cm³/mol. The number of benzene rings is 1. The van der Waals surface area contributed by atoms with Gasteiger partial charge in [-0.3, -0.25) is 0 Å². The SMILES string of the molecule is CN(Cc1cscn1)c1cc(Br)c(F)cc1N. The van der Waals surface area contributed by atoms with E-state index in [1.807, 2.05) is 17.3 Å². The Bertz CT molecular complexity index is 516. The standard InChI is InChI=1S/C11H11BrFN3S/c1-16(4-7-5-17-6-15-7)11-2-8(12)9(13)3-10(11)14/h2-3,5-6H,4,14H2,1H3. The Hall–Kier alpha value is -1.14. The molecule has 0 saturated carbocycles. The van der Waals surface area contributed by atoms with Crippen LogP contribution in [0.25, 0.3) is 0 Å². The maximum Gasteiger partial charge on any atom is 0.139 e. The molecule has 90 valence electrons. The van der Waals surface area contributed by atoms with Gasteiger partial charge in [0.15, 0.2) is 0 Å². The van der Waals surface area contributed by atoms with Crippen LogP contribution in [-0.4, -0.2) is 12.0 Å². The molecule has 0 fully saturated rings. The van der Waals surface area contributed by atoms with Crippen LogP contribution in [-0.2, 0) is 6.54 Å². The first-order chi connectivity index (χ1) is 8.08. The van der Waals surface area contributed by atoms with E-state index in [0.29, 0.717) is 16.7 Å². The van der Waals surface area contributed by atoms with Gasteiger partial charge >= 0.3 is 0 Å². The summed E-state index contributed by atoms with van der Waals surface area (Å²) in [7, 11) is 1.90. The average molecular weight is 316 g/mol. The third-order valence-electron chi connectivity index (χ3n) is 2.36. The van der Waals surface area contributed by atoms with Crippen molar-refractivity contribution in [3.8, 4) is 0 Å². The average Bonchev–Trinajstić information content (AvgIpc) is 2.76. The number of rotatable bonds is 3. The number of halogens is 2. The number of nitrogen functional groups attached to an aromatic ring is 1. The highest BCUT2D eigenvalue weighted by molar-refractivity contribution is 9.10. The van der Waals surface area contributed by atoms with Gasteiger partial charge in [0.25, 0.3) is 0 Å². The van der Waals surface area contributed by atoms with Gasteiger partial charge in [-0.2, -0.15) is 0 Å². The summed E-state index contributed by atoms with van der Waals surface area (Å²) < 4.78 is 13.7. The van der Waals surface area contributed by atoms with Crippen LogP contribution in [0.15, 0.2) is 27.5 Å². The van der Waals surface area contributed by atoms with Crippen LogP contribution in [0.3, 0.4) is 0 Å². The maximum absolute atomic E-state index is 13.2. The van der Waals surface area contributed by atoms with Crippen molar-refractivity contribution in [3.05, 3.63) is 39.0 Å². The van der Waals surface area contributed by atoms with Crippen molar-refractivity contribution in [3.63, 3.8) is 0 Å². The van der Waals surface area contributed by atoms with Crippen molar-refractivity contribution >= 4 is 38.6 Å². The molecule has 2 rings (SSSR count). The summed E-state index contributed by atoms with van der Waals surface area (Å²) in [4.78, 5) is 6.14. The Kier molecular flexibility index (Phi) is 3.63. The molecule has 0 bridgehead atoms. The number of anilines is 2. The van der Waals surface area contributed by atoms with Gasteiger partial charge in [0, 0.05) is 18.5 Å². The van der Waals surface area contributed by atoms with Crippen LogP contribution in [0.5, 0.6) is 0 Å². The van der Waals surface area contributed by atoms with Crippen molar-refractivity contribution in [2.45, 2.75) is 6.54 Å². The third kappa shape index (κ3) is 2.76. The molecule has 2 N–H and O–H groups in total. The fourth-order valence-corrected chi connectivity index (χ4v) is 2.41. The number of hydrogen-bond acceptors (Lipinski definition) is 4. The lowest BCUT2D eigenvalue weighted by atomic mass is 10.2. The molecule has 0 saturated heterocycles. The largest absolute Gasteiger partial charge is 0.397 e. The van der Waals surface area contributed by atoms with E-state index in [1.165, 1.54) is 6.07 Å². The van der Waals surface area contributed by atoms with Gasteiger partial charge in [-0.15, -0.1) is 11.3 Å². The zero-order valence-corrected chi connectivity index (χ0v) is 11.6. The summed E-state index contributed by atoms with van der Waals surface area (Å²) in [6.45, 7) is 0.645. The van der Waals surface area contributed by atoms with Crippen molar-refractivity contribution in [2.24, 2.45) is 0 Å². The van der Waals surface area contributed by atoms with Crippen LogP contribution in [0, 0.1) is 5.82 Å². The molecule has 17 heavy (non-hydrogen) atoms. The second-order valence-corrected chi connectivity index (χ2v) is 5.23. The normalized spacial score (nSPS) is 10.5. The molecule has 0 radical (unpaired) electrons. The number of nitrogens with zero attached hydrogens (tertiary/aromatic N) is 2. The maximum atomic E-state index is 13.2. The van der Waals surface area contributed by atoms with Crippen molar-refractivity contribution in [2.75, 3.05) is 17.7 Å². The molecule has 0 aliphatic rings. The smallest absolute Gasteiger partial charge is 0.139 e. The molecule has 1 aromatic carbocycles. The van der Waals surface area contributed by atoms with Gasteiger partial charge in [-0.25, -0.2) is 9.37 Å². The van der Waals surface area contributed by atoms with Gasteiger partial charge in [0.1, 0.15) is 5.82 Å². The number of nitrogens with two attached hydrogens (primary N) is 1. The summed E-state index contributed by atoms with van der Waals surface area (Å²) in [6.07, 6.45) is 0. The highest BCUT2D eigenvalue weighted by atomic mass is 79.9. The summed E-state index contributed by atoms with van der Waals surface area (Å²) in [5.41, 5.74) is 9.76. The van der Waals surface area contributed by atoms with Crippen LogP contribution in [0.4, 0.5) is 15.8 Å². The van der Waals surface area contributed by atoms with E-state index in [4.69, 9.17) is 5.73 Å². The first kappa shape index (κ1) is 12.3. The molecule has 0 atom stereocenters. The van der Waals surface area contributed by atoms with Crippen LogP contribution in [0.1, 0.15) is 5.69 Å². The van der Waals surface area contributed by atoms with Crippen molar-refractivity contribution in [1.82, 2.24) is 4.98 Å². The zero-order valence-electron chi connectivity index (χ0n) is 9.15. The lowest BCUT2D eigenvalue weighted by Crippen LogP contribution is -2.18. The van der Waals surface area contributed by atoms with E-state index >= 15 is 0 Å². The number of hydrogen-bond donors (Lipinski definition) is 1. The summed E-state index contributed by atoms with van der Waals surface area (Å²) in [5.74, 6) is -0.353. The van der Waals surface area contributed by atoms with E-state index in [0.717, 1.165) is 11.4 Å². The van der Waals surface area contributed by atoms with E-state index < -0.39 is 0 Å². The Morgan fingerprint density at radius 3 is 2.94 bits per heavy atom. The molecule has 1 aromatic heterocycles. The van der Waals surface area contributed by atoms with Gasteiger partial charge in [0.05, 0.1) is 33.6 Å². The van der Waals surface area contributed by atoms with E-state index in [2.05, 4.69) is 20.9 Å². The van der Waals surface area contributed by atoms with Gasteiger partial charge in [-0.05, 0) is 22.0 Å². The van der Waals surface area contributed by atoms with Crippen LogP contribution >= 0.6 is 27.3 Å². The van der Waals surface area contributed by atoms with Gasteiger partial charge in [-0.1, -0.05) is 0 Å². The van der Waals surface area contributed by atoms with Crippen molar-refractivity contribution in [1.29, 1.82) is 0 Å². The third-order valence-corrected chi connectivity index (χ3v) is 3.61. The van der Waals surface area contributed by atoms with E-state index in [9.17, 15) is 4.39 Å². The summed E-state index contributed by atoms with van der Waals surface area (Å²) in [5, 5.41) is 1.98.